The van der Waals surface area contributed by atoms with E-state index in [4.69, 9.17) is 15.3 Å². The summed E-state index contributed by atoms with van der Waals surface area (Å²) < 4.78 is 5.24. The number of rotatable bonds is 4. The summed E-state index contributed by atoms with van der Waals surface area (Å²) in [4.78, 5) is 18.3. The molecule has 0 saturated carbocycles. The summed E-state index contributed by atoms with van der Waals surface area (Å²) in [6.45, 7) is 4.14. The second-order valence-electron chi connectivity index (χ2n) is 6.13. The summed E-state index contributed by atoms with van der Waals surface area (Å²) in [7, 11) is 0. The number of esters is 1. The lowest BCUT2D eigenvalue weighted by Gasteiger charge is -2.35. The maximum absolute atomic E-state index is 12.4. The number of ether oxygens (including phenoxy) is 1. The van der Waals surface area contributed by atoms with Crippen LogP contribution in [0.5, 0.6) is 0 Å². The first-order valence-corrected chi connectivity index (χ1v) is 7.55. The van der Waals surface area contributed by atoms with Gasteiger partial charge in [-0.3, -0.25) is 4.84 Å². The molecule has 120 valence electrons. The van der Waals surface area contributed by atoms with E-state index in [-0.39, 0.29) is 19.2 Å². The summed E-state index contributed by atoms with van der Waals surface area (Å²) in [6.07, 6.45) is -0.186. The molecule has 2 heterocycles. The predicted octanol–water partition coefficient (Wildman–Crippen LogP) is 0.506. The standard InChI is InChI=1S/C16H22N2O4/c1-3-16-14(20)21-10-15(16,17)13(9-19)22-18(16)8-12-6-4-11(2)5-7-12/h4-7,13,19H,3,8-10,17H2,1-2H3/t13?,15-,16+/m0/s1. The van der Waals surface area contributed by atoms with Crippen molar-refractivity contribution in [1.82, 2.24) is 5.06 Å². The number of aliphatic hydroxyl groups excluding tert-OH is 1. The van der Waals surface area contributed by atoms with Crippen LogP contribution in [0.3, 0.4) is 0 Å². The van der Waals surface area contributed by atoms with Crippen LogP contribution in [0.1, 0.15) is 24.5 Å². The smallest absolute Gasteiger partial charge is 0.331 e. The Morgan fingerprint density at radius 2 is 2.09 bits per heavy atom. The Labute approximate surface area is 129 Å². The van der Waals surface area contributed by atoms with Gasteiger partial charge in [0.15, 0.2) is 5.54 Å². The zero-order valence-corrected chi connectivity index (χ0v) is 12.9. The molecule has 0 aliphatic carbocycles. The molecule has 0 radical (unpaired) electrons. The number of hydrogen-bond acceptors (Lipinski definition) is 6. The molecule has 0 aromatic heterocycles. The third-order valence-corrected chi connectivity index (χ3v) is 4.93. The van der Waals surface area contributed by atoms with Crippen LogP contribution in [-0.4, -0.2) is 46.5 Å². The van der Waals surface area contributed by atoms with Gasteiger partial charge in [-0.1, -0.05) is 36.8 Å². The van der Waals surface area contributed by atoms with Crippen LogP contribution in [0.15, 0.2) is 24.3 Å². The lowest BCUT2D eigenvalue weighted by atomic mass is 9.75. The topological polar surface area (TPSA) is 85.0 Å². The quantitative estimate of drug-likeness (QED) is 0.788. The monoisotopic (exact) mass is 306 g/mol. The highest BCUT2D eigenvalue weighted by molar-refractivity contribution is 5.86. The average molecular weight is 306 g/mol. The maximum Gasteiger partial charge on any atom is 0.331 e. The van der Waals surface area contributed by atoms with E-state index in [1.54, 1.807) is 5.06 Å². The number of cyclic esters (lactones) is 1. The third-order valence-electron chi connectivity index (χ3n) is 4.93. The first kappa shape index (κ1) is 15.4. The average Bonchev–Trinajstić information content (AvgIpc) is 2.91. The summed E-state index contributed by atoms with van der Waals surface area (Å²) in [5.41, 5.74) is 6.55. The highest BCUT2D eigenvalue weighted by atomic mass is 16.7. The number of carbonyl (C=O) groups is 1. The van der Waals surface area contributed by atoms with Crippen molar-refractivity contribution in [3.05, 3.63) is 35.4 Å². The van der Waals surface area contributed by atoms with Gasteiger partial charge in [0.05, 0.1) is 13.2 Å². The molecule has 1 aromatic carbocycles. The van der Waals surface area contributed by atoms with Gasteiger partial charge in [0.2, 0.25) is 0 Å². The summed E-state index contributed by atoms with van der Waals surface area (Å²) in [6, 6.07) is 8.01. The molecular weight excluding hydrogens is 284 g/mol. The van der Waals surface area contributed by atoms with Gasteiger partial charge in [0.25, 0.3) is 0 Å². The molecule has 6 heteroatoms. The molecule has 0 amide bonds. The Hall–Kier alpha value is -1.47. The van der Waals surface area contributed by atoms with Crippen molar-refractivity contribution < 1.29 is 19.5 Å². The third kappa shape index (κ3) is 1.91. The Bertz CT molecular complexity index is 576. The van der Waals surface area contributed by atoms with Crippen molar-refractivity contribution >= 4 is 5.97 Å². The number of carbonyl (C=O) groups excluding carboxylic acids is 1. The molecule has 2 aliphatic heterocycles. The van der Waals surface area contributed by atoms with Gasteiger partial charge < -0.3 is 15.6 Å². The molecule has 1 aromatic rings. The minimum Gasteiger partial charge on any atom is -0.462 e. The Morgan fingerprint density at radius 3 is 2.68 bits per heavy atom. The number of aliphatic hydroxyl groups is 1. The molecule has 0 spiro atoms. The van der Waals surface area contributed by atoms with Crippen LogP contribution in [0.2, 0.25) is 0 Å². The van der Waals surface area contributed by atoms with E-state index >= 15 is 0 Å². The number of hydroxylamine groups is 2. The van der Waals surface area contributed by atoms with Gasteiger partial charge >= 0.3 is 5.97 Å². The SMILES string of the molecule is CC[C@@]12C(=O)OC[C@]1(N)C(CO)ON2Cc1ccc(C)cc1. The lowest BCUT2D eigenvalue weighted by molar-refractivity contribution is -0.212. The molecule has 3 N–H and O–H groups in total. The zero-order chi connectivity index (χ0) is 16.0. The molecule has 6 nitrogen and oxygen atoms in total. The Balaban J connectivity index is 1.96. The van der Waals surface area contributed by atoms with Crippen molar-refractivity contribution in [2.45, 2.75) is 44.0 Å². The molecule has 2 saturated heterocycles. The minimum absolute atomic E-state index is 0.0648. The molecule has 3 atom stereocenters. The molecule has 22 heavy (non-hydrogen) atoms. The van der Waals surface area contributed by atoms with Crippen molar-refractivity contribution in [2.24, 2.45) is 5.73 Å². The van der Waals surface area contributed by atoms with Crippen LogP contribution in [0, 0.1) is 6.92 Å². The minimum atomic E-state index is -1.05. The van der Waals surface area contributed by atoms with Gasteiger partial charge in [0, 0.05) is 0 Å². The van der Waals surface area contributed by atoms with Gasteiger partial charge in [-0.15, -0.1) is 0 Å². The van der Waals surface area contributed by atoms with Gasteiger partial charge in [-0.25, -0.2) is 4.79 Å². The van der Waals surface area contributed by atoms with Crippen LogP contribution in [0.4, 0.5) is 0 Å². The number of nitrogens with zero attached hydrogens (tertiary/aromatic N) is 1. The van der Waals surface area contributed by atoms with Crippen LogP contribution in [-0.2, 0) is 20.9 Å². The van der Waals surface area contributed by atoms with Crippen molar-refractivity contribution in [3.8, 4) is 0 Å². The fourth-order valence-electron chi connectivity index (χ4n) is 3.52. The highest BCUT2D eigenvalue weighted by Crippen LogP contribution is 2.47. The molecule has 3 rings (SSSR count). The van der Waals surface area contributed by atoms with Crippen molar-refractivity contribution in [3.63, 3.8) is 0 Å². The second-order valence-corrected chi connectivity index (χ2v) is 6.13. The second kappa shape index (κ2) is 5.31. The van der Waals surface area contributed by atoms with Gasteiger partial charge in [-0.2, -0.15) is 5.06 Å². The Morgan fingerprint density at radius 1 is 1.41 bits per heavy atom. The fourth-order valence-corrected chi connectivity index (χ4v) is 3.52. The zero-order valence-electron chi connectivity index (χ0n) is 12.9. The summed E-state index contributed by atoms with van der Waals surface area (Å²) in [5.74, 6) is -0.374. The van der Waals surface area contributed by atoms with E-state index in [9.17, 15) is 9.90 Å². The molecular formula is C16H22N2O4. The highest BCUT2D eigenvalue weighted by Gasteiger charge is 2.72. The van der Waals surface area contributed by atoms with E-state index in [0.717, 1.165) is 11.1 Å². The maximum atomic E-state index is 12.4. The van der Waals surface area contributed by atoms with Crippen molar-refractivity contribution in [1.29, 1.82) is 0 Å². The van der Waals surface area contributed by atoms with E-state index in [1.165, 1.54) is 0 Å². The number of benzene rings is 1. The first-order chi connectivity index (χ1) is 10.5. The predicted molar refractivity (Wildman–Crippen MR) is 79.6 cm³/mol. The van der Waals surface area contributed by atoms with E-state index in [1.807, 2.05) is 38.1 Å². The fraction of sp³-hybridized carbons (Fsp3) is 0.562. The summed E-state index contributed by atoms with van der Waals surface area (Å²) in [5, 5.41) is 11.2. The first-order valence-electron chi connectivity index (χ1n) is 7.55. The Kier molecular flexibility index (Phi) is 3.72. The van der Waals surface area contributed by atoms with E-state index < -0.39 is 17.2 Å². The summed E-state index contributed by atoms with van der Waals surface area (Å²) >= 11 is 0. The molecule has 2 fully saturated rings. The van der Waals surface area contributed by atoms with Crippen LogP contribution in [0.25, 0.3) is 0 Å². The number of aryl methyl sites for hydroxylation is 1. The van der Waals surface area contributed by atoms with Crippen LogP contribution < -0.4 is 5.73 Å². The lowest BCUT2D eigenvalue weighted by Crippen LogP contribution is -2.66. The van der Waals surface area contributed by atoms with E-state index in [2.05, 4.69) is 0 Å². The number of fused-ring (bicyclic) bond motifs is 1. The van der Waals surface area contributed by atoms with E-state index in [0.29, 0.717) is 13.0 Å². The van der Waals surface area contributed by atoms with Gasteiger partial charge in [-0.05, 0) is 18.9 Å². The number of hydrogen-bond donors (Lipinski definition) is 2. The van der Waals surface area contributed by atoms with Gasteiger partial charge in [0.1, 0.15) is 18.2 Å². The number of nitrogens with two attached hydrogens (primary N) is 1. The van der Waals surface area contributed by atoms with Crippen molar-refractivity contribution in [2.75, 3.05) is 13.2 Å². The normalized spacial score (nSPS) is 34.7. The van der Waals surface area contributed by atoms with Crippen LogP contribution >= 0.6 is 0 Å². The molecule has 1 unspecified atom stereocenters. The molecule has 0 bridgehead atoms. The largest absolute Gasteiger partial charge is 0.462 e. The molecule has 2 aliphatic rings.